The lowest BCUT2D eigenvalue weighted by atomic mass is 10.2. The molecule has 0 aliphatic heterocycles. The highest BCUT2D eigenvalue weighted by molar-refractivity contribution is 6.01. The van der Waals surface area contributed by atoms with E-state index in [0.717, 1.165) is 0 Å². The van der Waals surface area contributed by atoms with Crippen LogP contribution in [0.4, 0.5) is 0 Å². The van der Waals surface area contributed by atoms with Crippen LogP contribution in [0.5, 0.6) is 0 Å². The van der Waals surface area contributed by atoms with Crippen LogP contribution in [0.1, 0.15) is 39.0 Å². The average Bonchev–Trinajstić information content (AvgIpc) is 3.04. The molecule has 3 heterocycles. The Morgan fingerprint density at radius 2 is 2.00 bits per heavy atom. The first-order valence-corrected chi connectivity index (χ1v) is 7.64. The molecule has 0 bridgehead atoms. The lowest BCUT2D eigenvalue weighted by Crippen LogP contribution is -2.42. The van der Waals surface area contributed by atoms with Gasteiger partial charge in [0, 0.05) is 23.7 Å². The van der Waals surface area contributed by atoms with Crippen LogP contribution in [-0.4, -0.2) is 31.4 Å². The molecular formula is C16H16N6O3. The molecule has 25 heavy (non-hydrogen) atoms. The molecule has 3 aromatic rings. The normalized spacial score (nSPS) is 10.6. The van der Waals surface area contributed by atoms with Crippen LogP contribution in [-0.2, 0) is 6.42 Å². The van der Waals surface area contributed by atoms with E-state index in [1.807, 2.05) is 6.92 Å². The molecule has 3 aromatic heterocycles. The highest BCUT2D eigenvalue weighted by atomic mass is 16.2. The van der Waals surface area contributed by atoms with E-state index in [4.69, 9.17) is 0 Å². The molecule has 0 unspecified atom stereocenters. The molecule has 0 aliphatic carbocycles. The first-order valence-electron chi connectivity index (χ1n) is 7.64. The van der Waals surface area contributed by atoms with Gasteiger partial charge >= 0.3 is 0 Å². The number of H-pyrrole nitrogens is 1. The summed E-state index contributed by atoms with van der Waals surface area (Å²) in [5.74, 6) is -1.15. The number of amides is 2. The topological polar surface area (TPSA) is 121 Å². The first-order chi connectivity index (χ1) is 12.0. The minimum Gasteiger partial charge on any atom is -0.296 e. The maximum absolute atomic E-state index is 12.3. The summed E-state index contributed by atoms with van der Waals surface area (Å²) in [5.41, 5.74) is 5.97. The molecule has 0 radical (unpaired) electrons. The SMILES string of the molecule is CCc1c(C)nc2c(C(=O)NNC(=O)c3ccccn3)c[nH]n2c1=O. The number of carbonyl (C=O) groups excluding carboxylic acids is 2. The van der Waals surface area contributed by atoms with Gasteiger partial charge in [-0.2, -0.15) is 0 Å². The number of fused-ring (bicyclic) bond motifs is 1. The molecule has 0 aliphatic rings. The Labute approximate surface area is 142 Å². The van der Waals surface area contributed by atoms with Crippen LogP contribution in [0, 0.1) is 6.92 Å². The van der Waals surface area contributed by atoms with Crippen LogP contribution >= 0.6 is 0 Å². The molecular weight excluding hydrogens is 324 g/mol. The maximum atomic E-state index is 12.3. The van der Waals surface area contributed by atoms with Crippen molar-refractivity contribution in [2.45, 2.75) is 20.3 Å². The summed E-state index contributed by atoms with van der Waals surface area (Å²) in [4.78, 5) is 44.8. The summed E-state index contributed by atoms with van der Waals surface area (Å²) in [6.45, 7) is 3.58. The fourth-order valence-corrected chi connectivity index (χ4v) is 2.47. The van der Waals surface area contributed by atoms with Crippen LogP contribution in [0.2, 0.25) is 0 Å². The number of aryl methyl sites for hydroxylation is 1. The summed E-state index contributed by atoms with van der Waals surface area (Å²) < 4.78 is 1.21. The van der Waals surface area contributed by atoms with E-state index in [9.17, 15) is 14.4 Å². The van der Waals surface area contributed by atoms with Gasteiger partial charge < -0.3 is 0 Å². The summed E-state index contributed by atoms with van der Waals surface area (Å²) >= 11 is 0. The zero-order valence-electron chi connectivity index (χ0n) is 13.7. The number of carbonyl (C=O) groups is 2. The maximum Gasteiger partial charge on any atom is 0.288 e. The average molecular weight is 340 g/mol. The lowest BCUT2D eigenvalue weighted by Gasteiger charge is -2.06. The molecule has 0 saturated carbocycles. The van der Waals surface area contributed by atoms with Gasteiger partial charge in [-0.15, -0.1) is 0 Å². The van der Waals surface area contributed by atoms with Crippen LogP contribution in [0.15, 0.2) is 35.4 Å². The van der Waals surface area contributed by atoms with Gasteiger partial charge in [-0.1, -0.05) is 13.0 Å². The van der Waals surface area contributed by atoms with Crippen molar-refractivity contribution in [3.8, 4) is 0 Å². The number of aromatic amines is 1. The molecule has 0 spiro atoms. The summed E-state index contributed by atoms with van der Waals surface area (Å²) in [7, 11) is 0. The van der Waals surface area contributed by atoms with E-state index >= 15 is 0 Å². The second-order valence-corrected chi connectivity index (χ2v) is 5.30. The zero-order chi connectivity index (χ0) is 18.0. The second kappa shape index (κ2) is 6.56. The van der Waals surface area contributed by atoms with Crippen LogP contribution in [0.3, 0.4) is 0 Å². The molecule has 0 saturated heterocycles. The van der Waals surface area contributed by atoms with Gasteiger partial charge in [0.2, 0.25) is 0 Å². The van der Waals surface area contributed by atoms with Gasteiger partial charge in [0.25, 0.3) is 17.4 Å². The Hall–Kier alpha value is -3.49. The number of aromatic nitrogens is 4. The molecule has 9 nitrogen and oxygen atoms in total. The Bertz CT molecular complexity index is 1010. The van der Waals surface area contributed by atoms with E-state index in [0.29, 0.717) is 17.7 Å². The molecule has 0 atom stereocenters. The number of nitrogens with zero attached hydrogens (tertiary/aromatic N) is 3. The van der Waals surface area contributed by atoms with E-state index in [1.54, 1.807) is 19.1 Å². The Balaban J connectivity index is 1.83. The van der Waals surface area contributed by atoms with Gasteiger partial charge in [0.05, 0.1) is 0 Å². The van der Waals surface area contributed by atoms with Crippen LogP contribution in [0.25, 0.3) is 5.65 Å². The van der Waals surface area contributed by atoms with Gasteiger partial charge in [0.1, 0.15) is 11.3 Å². The van der Waals surface area contributed by atoms with Gasteiger partial charge in [0.15, 0.2) is 5.65 Å². The number of rotatable bonds is 3. The summed E-state index contributed by atoms with van der Waals surface area (Å²) in [6.07, 6.45) is 3.38. The summed E-state index contributed by atoms with van der Waals surface area (Å²) in [5, 5.41) is 2.71. The van der Waals surface area contributed by atoms with E-state index < -0.39 is 11.8 Å². The number of hydrogen-bond donors (Lipinski definition) is 3. The molecule has 0 fully saturated rings. The highest BCUT2D eigenvalue weighted by Crippen LogP contribution is 2.09. The number of pyridine rings is 1. The van der Waals surface area contributed by atoms with Gasteiger partial charge in [-0.05, 0) is 25.5 Å². The van der Waals surface area contributed by atoms with Crippen molar-refractivity contribution in [3.05, 3.63) is 63.5 Å². The first kappa shape index (κ1) is 16.4. The lowest BCUT2D eigenvalue weighted by molar-refractivity contribution is 0.0844. The third-order valence-corrected chi connectivity index (χ3v) is 3.75. The Morgan fingerprint density at radius 1 is 1.24 bits per heavy atom. The fraction of sp³-hybridized carbons (Fsp3) is 0.188. The van der Waals surface area contributed by atoms with Gasteiger partial charge in [-0.25, -0.2) is 9.50 Å². The second-order valence-electron chi connectivity index (χ2n) is 5.30. The molecule has 128 valence electrons. The molecule has 0 aromatic carbocycles. The van der Waals surface area contributed by atoms with E-state index in [1.165, 1.54) is 23.0 Å². The van der Waals surface area contributed by atoms with Crippen molar-refractivity contribution >= 4 is 17.5 Å². The van der Waals surface area contributed by atoms with E-state index in [-0.39, 0.29) is 22.5 Å². The van der Waals surface area contributed by atoms with Crippen molar-refractivity contribution in [3.63, 3.8) is 0 Å². The predicted octanol–water partition coefficient (Wildman–Crippen LogP) is 0.363. The number of hydrogen-bond acceptors (Lipinski definition) is 5. The van der Waals surface area contributed by atoms with Crippen molar-refractivity contribution in [2.24, 2.45) is 0 Å². The van der Waals surface area contributed by atoms with Crippen molar-refractivity contribution in [1.82, 2.24) is 30.4 Å². The summed E-state index contributed by atoms with van der Waals surface area (Å²) in [6, 6.07) is 4.86. The monoisotopic (exact) mass is 340 g/mol. The minimum absolute atomic E-state index is 0.143. The molecule has 3 N–H and O–H groups in total. The number of nitrogens with one attached hydrogen (secondary N) is 3. The largest absolute Gasteiger partial charge is 0.296 e. The van der Waals surface area contributed by atoms with E-state index in [2.05, 4.69) is 25.9 Å². The Kier molecular flexibility index (Phi) is 4.29. The van der Waals surface area contributed by atoms with Crippen LogP contribution < -0.4 is 16.4 Å². The van der Waals surface area contributed by atoms with Crippen molar-refractivity contribution in [2.75, 3.05) is 0 Å². The smallest absolute Gasteiger partial charge is 0.288 e. The highest BCUT2D eigenvalue weighted by Gasteiger charge is 2.18. The standard InChI is InChI=1S/C16H16N6O3/c1-3-10-9(2)19-13-11(8-18-22(13)16(10)25)14(23)20-21-15(24)12-6-4-5-7-17-12/h4-8,18H,3H2,1-2H3,(H,20,23)(H,21,24). The minimum atomic E-state index is -0.599. The molecule has 2 amide bonds. The fourth-order valence-electron chi connectivity index (χ4n) is 2.47. The molecule has 9 heteroatoms. The number of hydrazine groups is 1. The van der Waals surface area contributed by atoms with Crippen molar-refractivity contribution in [1.29, 1.82) is 0 Å². The third kappa shape index (κ3) is 2.99. The van der Waals surface area contributed by atoms with Crippen molar-refractivity contribution < 1.29 is 9.59 Å². The molecule has 3 rings (SSSR count). The predicted molar refractivity (Wildman–Crippen MR) is 89.1 cm³/mol. The third-order valence-electron chi connectivity index (χ3n) is 3.75. The van der Waals surface area contributed by atoms with Gasteiger partial charge in [-0.3, -0.25) is 35.3 Å². The Morgan fingerprint density at radius 3 is 2.68 bits per heavy atom. The quantitative estimate of drug-likeness (QED) is 0.595. The zero-order valence-corrected chi connectivity index (χ0v) is 13.7.